The summed E-state index contributed by atoms with van der Waals surface area (Å²) in [5, 5.41) is 35.8. The molecule has 0 unspecified atom stereocenters. The van der Waals surface area contributed by atoms with Crippen LogP contribution in [0.25, 0.3) is 0 Å². The van der Waals surface area contributed by atoms with Crippen molar-refractivity contribution in [1.82, 2.24) is 0 Å². The first kappa shape index (κ1) is 30.9. The van der Waals surface area contributed by atoms with Crippen LogP contribution in [0.2, 0.25) is 0 Å². The van der Waals surface area contributed by atoms with Crippen molar-refractivity contribution >= 4 is 23.7 Å². The molecule has 0 spiro atoms. The third kappa shape index (κ3) is 4.60. The lowest BCUT2D eigenvalue weighted by Gasteiger charge is -2.68. The summed E-state index contributed by atoms with van der Waals surface area (Å²) in [7, 11) is 0. The molecule has 3 N–H and O–H groups in total. The van der Waals surface area contributed by atoms with E-state index in [1.807, 2.05) is 0 Å². The zero-order valence-electron chi connectivity index (χ0n) is 24.3. The molecule has 41 heavy (non-hydrogen) atoms. The van der Waals surface area contributed by atoms with Crippen molar-refractivity contribution in [3.8, 4) is 0 Å². The molecule has 0 heterocycles. The number of fused-ring (bicyclic) bond motifs is 3. The lowest BCUT2D eigenvalue weighted by molar-refractivity contribution is -0.313. The van der Waals surface area contributed by atoms with Gasteiger partial charge in [-0.15, -0.1) is 6.58 Å². The molecular formula is C31H40O10. The Labute approximate surface area is 239 Å². The van der Waals surface area contributed by atoms with Crippen LogP contribution < -0.4 is 0 Å². The van der Waals surface area contributed by atoms with Crippen molar-refractivity contribution in [1.29, 1.82) is 0 Å². The normalized spacial score (nSPS) is 41.3. The third-order valence-corrected chi connectivity index (χ3v) is 9.92. The Morgan fingerprint density at radius 1 is 0.976 bits per heavy atom. The lowest BCUT2D eigenvalue weighted by Crippen LogP contribution is -2.80. The van der Waals surface area contributed by atoms with E-state index in [9.17, 15) is 34.5 Å². The van der Waals surface area contributed by atoms with Crippen molar-refractivity contribution in [2.24, 2.45) is 28.1 Å². The minimum absolute atomic E-state index is 0.106. The van der Waals surface area contributed by atoms with E-state index in [0.29, 0.717) is 0 Å². The van der Waals surface area contributed by atoms with Crippen LogP contribution in [0, 0.1) is 28.1 Å². The molecule has 1 aromatic rings. The number of carbonyl (C=O) groups excluding carboxylic acids is 4. The minimum atomic E-state index is -2.42. The molecular weight excluding hydrogens is 532 g/mol. The number of ketones is 1. The van der Waals surface area contributed by atoms with Crippen LogP contribution >= 0.6 is 0 Å². The van der Waals surface area contributed by atoms with Gasteiger partial charge in [-0.3, -0.25) is 14.4 Å². The Morgan fingerprint density at radius 2 is 1.56 bits per heavy atom. The summed E-state index contributed by atoms with van der Waals surface area (Å²) >= 11 is 0. The second kappa shape index (κ2) is 10.3. The summed E-state index contributed by atoms with van der Waals surface area (Å²) in [4.78, 5) is 52.2. The highest BCUT2D eigenvalue weighted by Crippen LogP contribution is 2.67. The Hall–Kier alpha value is -3.08. The van der Waals surface area contributed by atoms with Crippen LogP contribution in [0.5, 0.6) is 0 Å². The number of rotatable bonds is 5. The number of allylic oxidation sites excluding steroid dienone is 1. The van der Waals surface area contributed by atoms with Crippen molar-refractivity contribution in [3.63, 3.8) is 0 Å². The molecule has 0 saturated heterocycles. The van der Waals surface area contributed by atoms with E-state index in [-0.39, 0.29) is 18.4 Å². The monoisotopic (exact) mass is 572 g/mol. The average molecular weight is 573 g/mol. The molecule has 3 saturated carbocycles. The number of hydrogen-bond acceptors (Lipinski definition) is 10. The quantitative estimate of drug-likeness (QED) is 0.272. The molecule has 0 amide bonds. The smallest absolute Gasteiger partial charge is 0.338 e. The predicted octanol–water partition coefficient (Wildman–Crippen LogP) is 2.38. The first-order valence-electron chi connectivity index (χ1n) is 13.8. The molecule has 3 aliphatic rings. The van der Waals surface area contributed by atoms with E-state index < -0.39 is 87.9 Å². The fraction of sp³-hybridized carbons (Fsp3) is 0.613. The Balaban J connectivity index is 1.98. The number of Topliss-reactive ketones (excluding diaryl/α,β-unsaturated/α-hetero) is 1. The van der Waals surface area contributed by atoms with E-state index in [1.165, 1.54) is 18.2 Å². The standard InChI is InChI=1S/C31H40O10/c1-8-29(6)15-19(34)23-30(7)20(14-21(39-16(2)32)31(23,38)27(29)37)28(4,5)24(35)22(40-17(3)33)25(30)41-26(36)18-12-10-9-11-13-18/h8-13,19-25,34-35,38H,1,14-15H2,2-7H3/t19-,20+,21-,22-,23-,24-,25+,29+,30+,31+/m1/s1. The van der Waals surface area contributed by atoms with E-state index in [2.05, 4.69) is 6.58 Å². The average Bonchev–Trinajstić information content (AvgIpc) is 2.89. The molecule has 0 aromatic heterocycles. The topological polar surface area (TPSA) is 157 Å². The zero-order valence-corrected chi connectivity index (χ0v) is 24.3. The maximum absolute atomic E-state index is 14.2. The van der Waals surface area contributed by atoms with Crippen LogP contribution in [0.1, 0.15) is 64.7 Å². The Bertz CT molecular complexity index is 1240. The Kier molecular flexibility index (Phi) is 7.77. The van der Waals surface area contributed by atoms with Crippen LogP contribution in [-0.4, -0.2) is 75.1 Å². The molecule has 10 atom stereocenters. The summed E-state index contributed by atoms with van der Waals surface area (Å²) in [6.07, 6.45) is -5.78. The van der Waals surface area contributed by atoms with Crippen LogP contribution in [0.3, 0.4) is 0 Å². The maximum atomic E-state index is 14.2. The van der Waals surface area contributed by atoms with Gasteiger partial charge in [0.2, 0.25) is 0 Å². The number of ether oxygens (including phenoxy) is 3. The summed E-state index contributed by atoms with van der Waals surface area (Å²) < 4.78 is 17.3. The summed E-state index contributed by atoms with van der Waals surface area (Å²) in [6, 6.07) is 8.08. The van der Waals surface area contributed by atoms with E-state index in [4.69, 9.17) is 14.2 Å². The van der Waals surface area contributed by atoms with Gasteiger partial charge in [0.1, 0.15) is 18.3 Å². The van der Waals surface area contributed by atoms with Crippen LogP contribution in [-0.2, 0) is 28.6 Å². The van der Waals surface area contributed by atoms with Crippen molar-refractivity contribution in [2.75, 3.05) is 0 Å². The van der Waals surface area contributed by atoms with E-state index in [1.54, 1.807) is 45.9 Å². The van der Waals surface area contributed by atoms with Gasteiger partial charge in [-0.1, -0.05) is 45.0 Å². The molecule has 4 rings (SSSR count). The van der Waals surface area contributed by atoms with Gasteiger partial charge in [0.05, 0.1) is 11.7 Å². The fourth-order valence-electron chi connectivity index (χ4n) is 8.05. The molecule has 3 aliphatic carbocycles. The highest BCUT2D eigenvalue weighted by molar-refractivity contribution is 5.96. The van der Waals surface area contributed by atoms with Gasteiger partial charge in [0, 0.05) is 30.6 Å². The largest absolute Gasteiger partial charge is 0.459 e. The maximum Gasteiger partial charge on any atom is 0.338 e. The summed E-state index contributed by atoms with van der Waals surface area (Å²) in [5.41, 5.74) is -6.14. The number of aliphatic hydroxyl groups is 3. The number of aliphatic hydroxyl groups excluding tert-OH is 2. The van der Waals surface area contributed by atoms with Crippen molar-refractivity contribution in [2.45, 2.75) is 90.5 Å². The number of esters is 3. The fourth-order valence-corrected chi connectivity index (χ4v) is 8.05. The lowest BCUT2D eigenvalue weighted by atomic mass is 9.39. The molecule has 10 heteroatoms. The SMILES string of the molecule is C=C[C@@]1(C)C[C@@H](O)[C@H]2[C@](O)(C1=O)[C@H](OC(C)=O)C[C@H]1C(C)(C)[C@H](O)[C@@H](OC(C)=O)[C@H](OC(=O)c3ccccc3)[C@@]12C. The summed E-state index contributed by atoms with van der Waals surface area (Å²) in [5.74, 6) is -5.00. The number of benzene rings is 1. The van der Waals surface area contributed by atoms with E-state index >= 15 is 0 Å². The van der Waals surface area contributed by atoms with Crippen molar-refractivity contribution < 1.29 is 48.7 Å². The number of hydrogen-bond donors (Lipinski definition) is 3. The second-order valence-corrected chi connectivity index (χ2v) is 12.8. The zero-order chi connectivity index (χ0) is 30.7. The molecule has 10 nitrogen and oxygen atoms in total. The molecule has 0 aliphatic heterocycles. The molecule has 0 radical (unpaired) electrons. The van der Waals surface area contributed by atoms with Gasteiger partial charge in [-0.2, -0.15) is 0 Å². The highest BCUT2D eigenvalue weighted by Gasteiger charge is 2.77. The Morgan fingerprint density at radius 3 is 2.10 bits per heavy atom. The predicted molar refractivity (Wildman–Crippen MR) is 145 cm³/mol. The second-order valence-electron chi connectivity index (χ2n) is 12.8. The summed E-state index contributed by atoms with van der Waals surface area (Å²) in [6.45, 7) is 12.7. The van der Waals surface area contributed by atoms with Gasteiger partial charge in [-0.25, -0.2) is 4.79 Å². The van der Waals surface area contributed by atoms with Crippen molar-refractivity contribution in [3.05, 3.63) is 48.6 Å². The van der Waals surface area contributed by atoms with Gasteiger partial charge in [0.25, 0.3) is 0 Å². The first-order valence-corrected chi connectivity index (χ1v) is 13.8. The molecule has 1 aromatic carbocycles. The highest BCUT2D eigenvalue weighted by atomic mass is 16.6. The minimum Gasteiger partial charge on any atom is -0.459 e. The first-order chi connectivity index (χ1) is 19.0. The van der Waals surface area contributed by atoms with Gasteiger partial charge >= 0.3 is 17.9 Å². The van der Waals surface area contributed by atoms with Gasteiger partial charge in [-0.05, 0) is 43.2 Å². The number of carbonyl (C=O) groups is 4. The van der Waals surface area contributed by atoms with Crippen LogP contribution in [0.15, 0.2) is 43.0 Å². The van der Waals surface area contributed by atoms with Gasteiger partial charge in [0.15, 0.2) is 17.5 Å². The third-order valence-electron chi connectivity index (χ3n) is 9.92. The van der Waals surface area contributed by atoms with Gasteiger partial charge < -0.3 is 29.5 Å². The van der Waals surface area contributed by atoms with Crippen LogP contribution in [0.4, 0.5) is 0 Å². The van der Waals surface area contributed by atoms with E-state index in [0.717, 1.165) is 13.8 Å². The molecule has 3 fully saturated rings. The molecule has 0 bridgehead atoms. The molecule has 224 valence electrons.